The Bertz CT molecular complexity index is 1050. The highest BCUT2D eigenvalue weighted by atomic mass is 16.6. The molecule has 0 radical (unpaired) electrons. The van der Waals surface area contributed by atoms with Crippen LogP contribution in [0.15, 0.2) is 42.2 Å². The van der Waals surface area contributed by atoms with Crippen LogP contribution in [-0.4, -0.2) is 46.5 Å². The van der Waals surface area contributed by atoms with E-state index in [0.29, 0.717) is 30.7 Å². The predicted octanol–water partition coefficient (Wildman–Crippen LogP) is 3.87. The Morgan fingerprint density at radius 3 is 2.62 bits per heavy atom. The second kappa shape index (κ2) is 9.02. The van der Waals surface area contributed by atoms with Crippen LogP contribution in [-0.2, 0) is 31.9 Å². The number of carbonyl (C=O) groups is 3. The number of amides is 1. The molecule has 0 unspecified atom stereocenters. The molecular formula is C25H30N2O5. The lowest BCUT2D eigenvalue weighted by Gasteiger charge is -2.20. The highest BCUT2D eigenvalue weighted by Gasteiger charge is 2.35. The zero-order chi connectivity index (χ0) is 23.6. The first kappa shape index (κ1) is 23.3. The number of ether oxygens (including phenoxy) is 2. The molecule has 0 bridgehead atoms. The Balaban J connectivity index is 2.03. The van der Waals surface area contributed by atoms with Crippen LogP contribution in [0.1, 0.15) is 61.4 Å². The highest BCUT2D eigenvalue weighted by molar-refractivity contribution is 6.02. The monoisotopic (exact) mass is 438 g/mol. The minimum absolute atomic E-state index is 0.0433. The number of esters is 2. The maximum atomic E-state index is 13.0. The van der Waals surface area contributed by atoms with Gasteiger partial charge >= 0.3 is 11.9 Å². The van der Waals surface area contributed by atoms with E-state index in [1.54, 1.807) is 38.7 Å². The summed E-state index contributed by atoms with van der Waals surface area (Å²) in [5.74, 6) is -0.892. The van der Waals surface area contributed by atoms with Crippen LogP contribution in [0.5, 0.6) is 0 Å². The van der Waals surface area contributed by atoms with Crippen molar-refractivity contribution in [2.24, 2.45) is 0 Å². The maximum absolute atomic E-state index is 13.0. The summed E-state index contributed by atoms with van der Waals surface area (Å²) in [6.07, 6.45) is 6.03. The molecule has 3 rings (SSSR count). The molecule has 1 aromatic rings. The Labute approximate surface area is 188 Å². The zero-order valence-corrected chi connectivity index (χ0v) is 19.2. The van der Waals surface area contributed by atoms with Crippen molar-refractivity contribution in [3.05, 3.63) is 64.7 Å². The molecule has 0 fully saturated rings. The van der Waals surface area contributed by atoms with Crippen LogP contribution in [0, 0.1) is 0 Å². The van der Waals surface area contributed by atoms with Crippen LogP contribution >= 0.6 is 0 Å². The number of allylic oxidation sites excluding steroid dienone is 1. The quantitative estimate of drug-likeness (QED) is 0.516. The number of fused-ring (bicyclic) bond motifs is 2. The Morgan fingerprint density at radius 1 is 1.28 bits per heavy atom. The van der Waals surface area contributed by atoms with E-state index < -0.39 is 11.6 Å². The molecule has 0 saturated carbocycles. The number of rotatable bonds is 7. The Kier molecular flexibility index (Phi) is 6.57. The largest absolute Gasteiger partial charge is 0.461 e. The topological polar surface area (TPSA) is 88.7 Å². The third kappa shape index (κ3) is 4.61. The van der Waals surface area contributed by atoms with E-state index in [9.17, 15) is 14.4 Å². The van der Waals surface area contributed by atoms with Crippen molar-refractivity contribution in [3.8, 4) is 0 Å². The fourth-order valence-corrected chi connectivity index (χ4v) is 4.00. The first-order valence-electron chi connectivity index (χ1n) is 10.7. The summed E-state index contributed by atoms with van der Waals surface area (Å²) in [4.78, 5) is 42.7. The first-order valence-corrected chi connectivity index (χ1v) is 10.7. The van der Waals surface area contributed by atoms with Crippen LogP contribution in [0.3, 0.4) is 0 Å². The molecule has 7 heteroatoms. The summed E-state index contributed by atoms with van der Waals surface area (Å²) in [6, 6.07) is 0. The summed E-state index contributed by atoms with van der Waals surface area (Å²) in [6.45, 7) is 15.2. The number of aromatic nitrogens is 1. The van der Waals surface area contributed by atoms with Crippen LogP contribution in [0.4, 0.5) is 0 Å². The van der Waals surface area contributed by atoms with E-state index in [-0.39, 0.29) is 24.9 Å². The van der Waals surface area contributed by atoms with Crippen LogP contribution in [0.2, 0.25) is 0 Å². The molecule has 0 atom stereocenters. The summed E-state index contributed by atoms with van der Waals surface area (Å²) < 4.78 is 10.7. The summed E-state index contributed by atoms with van der Waals surface area (Å²) in [7, 11) is 0. The van der Waals surface area contributed by atoms with Gasteiger partial charge in [0.1, 0.15) is 17.9 Å². The molecule has 0 aromatic carbocycles. The van der Waals surface area contributed by atoms with Crippen molar-refractivity contribution in [1.82, 2.24) is 9.88 Å². The van der Waals surface area contributed by atoms with Gasteiger partial charge < -0.3 is 19.4 Å². The van der Waals surface area contributed by atoms with Crippen LogP contribution < -0.4 is 0 Å². The predicted molar refractivity (Wildman–Crippen MR) is 122 cm³/mol. The number of H-pyrrole nitrogens is 1. The van der Waals surface area contributed by atoms with E-state index in [4.69, 9.17) is 9.47 Å². The summed E-state index contributed by atoms with van der Waals surface area (Å²) in [5.41, 5.74) is 4.22. The second-order valence-corrected chi connectivity index (χ2v) is 8.82. The molecule has 1 N–H and O–H groups in total. The molecule has 1 amide bonds. The van der Waals surface area contributed by atoms with Gasteiger partial charge in [-0.1, -0.05) is 25.3 Å². The molecule has 2 aliphatic heterocycles. The van der Waals surface area contributed by atoms with Gasteiger partial charge in [-0.25, -0.2) is 4.79 Å². The lowest BCUT2D eigenvalue weighted by molar-refractivity contribution is -0.142. The minimum atomic E-state index is -0.664. The lowest BCUT2D eigenvalue weighted by Crippen LogP contribution is -2.27. The minimum Gasteiger partial charge on any atom is -0.461 e. The summed E-state index contributed by atoms with van der Waals surface area (Å²) in [5, 5.41) is 0. The van der Waals surface area contributed by atoms with Gasteiger partial charge in [-0.05, 0) is 57.7 Å². The number of aromatic amines is 1. The first-order chi connectivity index (χ1) is 15.1. The molecule has 0 saturated heterocycles. The number of nitrogens with zero attached hydrogens (tertiary/aromatic N) is 1. The molecule has 0 spiro atoms. The van der Waals surface area contributed by atoms with Crippen molar-refractivity contribution in [2.75, 3.05) is 13.2 Å². The van der Waals surface area contributed by atoms with E-state index in [1.807, 2.05) is 6.08 Å². The highest BCUT2D eigenvalue weighted by Crippen LogP contribution is 2.36. The average molecular weight is 439 g/mol. The third-order valence-electron chi connectivity index (χ3n) is 5.40. The molecule has 32 heavy (non-hydrogen) atoms. The summed E-state index contributed by atoms with van der Waals surface area (Å²) >= 11 is 0. The van der Waals surface area contributed by atoms with Gasteiger partial charge in [0.15, 0.2) is 0 Å². The van der Waals surface area contributed by atoms with Gasteiger partial charge in [0.25, 0.3) is 5.91 Å². The molecular weight excluding hydrogens is 408 g/mol. The molecule has 170 valence electrons. The van der Waals surface area contributed by atoms with Crippen molar-refractivity contribution in [2.45, 2.75) is 52.6 Å². The van der Waals surface area contributed by atoms with Gasteiger partial charge in [-0.2, -0.15) is 0 Å². The molecule has 2 aliphatic rings. The van der Waals surface area contributed by atoms with Crippen molar-refractivity contribution >= 4 is 23.9 Å². The van der Waals surface area contributed by atoms with Gasteiger partial charge in [-0.15, -0.1) is 0 Å². The fraction of sp³-hybridized carbons (Fsp3) is 0.400. The van der Waals surface area contributed by atoms with Crippen LogP contribution in [0.25, 0.3) is 6.08 Å². The molecule has 0 aliphatic carbocycles. The number of carbonyl (C=O) groups excluding carboxylic acids is 3. The van der Waals surface area contributed by atoms with Crippen molar-refractivity contribution in [3.63, 3.8) is 0 Å². The third-order valence-corrected chi connectivity index (χ3v) is 5.40. The fourth-order valence-electron chi connectivity index (χ4n) is 4.00. The number of hydrogen-bond donors (Lipinski definition) is 1. The van der Waals surface area contributed by atoms with E-state index in [2.05, 4.69) is 18.1 Å². The normalized spacial score (nSPS) is 15.6. The standard InChI is InChI=1S/C25H30N2O5/c1-7-13-31-21(28)10-9-18-17-11-12-27-20(16(8-2)15(3)23(27)29)14-19(17)26-22(18)24(30)32-25(4,5)6/h7-8,14,26H,1-2,9-13H2,3-6H3. The SMILES string of the molecule is C=CCOC(=O)CCc1c(C(=O)OC(C)(C)C)[nH]c2c1CCN1C(=O)C(C)=C(C=C)C1=C2. The molecule has 3 heterocycles. The molecule has 7 nitrogen and oxygen atoms in total. The van der Waals surface area contributed by atoms with Gasteiger partial charge in [0.05, 0.1) is 5.70 Å². The maximum Gasteiger partial charge on any atom is 0.355 e. The van der Waals surface area contributed by atoms with E-state index >= 15 is 0 Å². The van der Waals surface area contributed by atoms with E-state index in [0.717, 1.165) is 28.1 Å². The Hall–Kier alpha value is -3.35. The van der Waals surface area contributed by atoms with Gasteiger partial charge in [-0.3, -0.25) is 9.59 Å². The second-order valence-electron chi connectivity index (χ2n) is 8.82. The Morgan fingerprint density at radius 2 is 2.00 bits per heavy atom. The zero-order valence-electron chi connectivity index (χ0n) is 19.2. The van der Waals surface area contributed by atoms with E-state index in [1.165, 1.54) is 6.08 Å². The molecule has 1 aromatic heterocycles. The van der Waals surface area contributed by atoms with Crippen molar-refractivity contribution in [1.29, 1.82) is 0 Å². The van der Waals surface area contributed by atoms with Gasteiger partial charge in [0.2, 0.25) is 0 Å². The van der Waals surface area contributed by atoms with Gasteiger partial charge in [0, 0.05) is 29.8 Å². The lowest BCUT2D eigenvalue weighted by atomic mass is 10.00. The number of hydrogen-bond acceptors (Lipinski definition) is 5. The average Bonchev–Trinajstić information content (AvgIpc) is 3.09. The number of nitrogens with one attached hydrogen (secondary N) is 1. The smallest absolute Gasteiger partial charge is 0.355 e. The van der Waals surface area contributed by atoms with Crippen molar-refractivity contribution < 1.29 is 23.9 Å².